The minimum absolute atomic E-state index is 0.295. The number of aromatic nitrogens is 5. The van der Waals surface area contributed by atoms with Gasteiger partial charge in [0, 0.05) is 44.2 Å². The summed E-state index contributed by atoms with van der Waals surface area (Å²) in [6.07, 6.45) is 5.36. The van der Waals surface area contributed by atoms with E-state index in [2.05, 4.69) is 15.1 Å². The van der Waals surface area contributed by atoms with Crippen LogP contribution in [0.4, 0.5) is 10.2 Å². The number of anilines is 1. The lowest BCUT2D eigenvalue weighted by Crippen LogP contribution is -2.22. The summed E-state index contributed by atoms with van der Waals surface area (Å²) < 4.78 is 17.9. The van der Waals surface area contributed by atoms with Crippen molar-refractivity contribution in [2.24, 2.45) is 7.05 Å². The number of benzene rings is 1. The number of fused-ring (bicyclic) bond motifs is 1. The Balaban J connectivity index is 1.81. The molecule has 0 atom stereocenters. The molecule has 0 radical (unpaired) electrons. The zero-order valence-corrected chi connectivity index (χ0v) is 14.0. The summed E-state index contributed by atoms with van der Waals surface area (Å²) in [6.45, 7) is 0.596. The number of rotatable bonds is 4. The van der Waals surface area contributed by atoms with Gasteiger partial charge in [0.05, 0.1) is 18.4 Å². The van der Waals surface area contributed by atoms with Gasteiger partial charge < -0.3 is 9.47 Å². The lowest BCUT2D eigenvalue weighted by molar-refractivity contribution is 0.630. The summed E-state index contributed by atoms with van der Waals surface area (Å²) in [5, 5.41) is 4.34. The van der Waals surface area contributed by atoms with Crippen molar-refractivity contribution in [1.82, 2.24) is 24.1 Å². The van der Waals surface area contributed by atoms with Gasteiger partial charge in [0.15, 0.2) is 5.65 Å². The van der Waals surface area contributed by atoms with E-state index in [4.69, 9.17) is 0 Å². The normalized spacial score (nSPS) is 11.2. The molecule has 4 rings (SSSR count). The van der Waals surface area contributed by atoms with Gasteiger partial charge in [-0.05, 0) is 12.1 Å². The highest BCUT2D eigenvalue weighted by atomic mass is 19.1. The quantitative estimate of drug-likeness (QED) is 0.575. The first-order valence-electron chi connectivity index (χ1n) is 7.90. The predicted octanol–water partition coefficient (Wildman–Crippen LogP) is 2.91. The molecular weight excluding hydrogens is 319 g/mol. The standard InChI is InChI=1S/C18H17FN6/c1-23-10-9-20-17(23)12-24(2)18-11-15(13-5-3-4-6-14(13)19)22-16-7-8-21-25(16)18/h3-11H,12H2,1-2H3. The van der Waals surface area contributed by atoms with Gasteiger partial charge in [0.25, 0.3) is 0 Å². The molecule has 3 heterocycles. The maximum Gasteiger partial charge on any atom is 0.157 e. The fraction of sp³-hybridized carbons (Fsp3) is 0.167. The molecule has 0 saturated carbocycles. The molecule has 0 spiro atoms. The van der Waals surface area contributed by atoms with Crippen LogP contribution in [0.25, 0.3) is 16.9 Å². The van der Waals surface area contributed by atoms with Gasteiger partial charge in [-0.3, -0.25) is 0 Å². The molecule has 0 aliphatic carbocycles. The first kappa shape index (κ1) is 15.3. The predicted molar refractivity (Wildman–Crippen MR) is 93.7 cm³/mol. The van der Waals surface area contributed by atoms with Crippen LogP contribution in [0.5, 0.6) is 0 Å². The Morgan fingerprint density at radius 3 is 2.76 bits per heavy atom. The Morgan fingerprint density at radius 2 is 2.00 bits per heavy atom. The molecule has 0 amide bonds. The molecule has 3 aromatic heterocycles. The second kappa shape index (κ2) is 6.01. The summed E-state index contributed by atoms with van der Waals surface area (Å²) >= 11 is 0. The van der Waals surface area contributed by atoms with Gasteiger partial charge in [0.2, 0.25) is 0 Å². The fourth-order valence-corrected chi connectivity index (χ4v) is 2.82. The molecule has 0 aliphatic rings. The van der Waals surface area contributed by atoms with E-state index in [1.807, 2.05) is 41.9 Å². The molecule has 126 valence electrons. The number of halogens is 1. The Hall–Kier alpha value is -3.22. The molecule has 25 heavy (non-hydrogen) atoms. The third kappa shape index (κ3) is 2.73. The van der Waals surface area contributed by atoms with Gasteiger partial charge in [-0.15, -0.1) is 0 Å². The SMILES string of the molecule is CN(Cc1nccn1C)c1cc(-c2ccccc2F)nc2ccnn12. The lowest BCUT2D eigenvalue weighted by atomic mass is 10.1. The monoisotopic (exact) mass is 336 g/mol. The lowest BCUT2D eigenvalue weighted by Gasteiger charge is -2.20. The molecule has 0 aliphatic heterocycles. The van der Waals surface area contributed by atoms with E-state index < -0.39 is 0 Å². The van der Waals surface area contributed by atoms with Gasteiger partial charge in [0.1, 0.15) is 17.5 Å². The molecule has 7 heteroatoms. The average molecular weight is 336 g/mol. The maximum atomic E-state index is 14.2. The first-order chi connectivity index (χ1) is 12.1. The maximum absolute atomic E-state index is 14.2. The molecule has 0 N–H and O–H groups in total. The van der Waals surface area contributed by atoms with Crippen molar-refractivity contribution in [1.29, 1.82) is 0 Å². The smallest absolute Gasteiger partial charge is 0.157 e. The number of aryl methyl sites for hydroxylation is 1. The summed E-state index contributed by atoms with van der Waals surface area (Å²) in [5.74, 6) is 1.44. The van der Waals surface area contributed by atoms with Crippen LogP contribution in [-0.2, 0) is 13.6 Å². The Labute approximate surface area is 144 Å². The minimum atomic E-state index is -0.295. The highest BCUT2D eigenvalue weighted by Crippen LogP contribution is 2.26. The molecule has 0 fully saturated rings. The van der Waals surface area contributed by atoms with E-state index in [1.54, 1.807) is 35.1 Å². The van der Waals surface area contributed by atoms with Crippen LogP contribution in [0.2, 0.25) is 0 Å². The Kier molecular flexibility index (Phi) is 3.68. The third-order valence-electron chi connectivity index (χ3n) is 4.18. The van der Waals surface area contributed by atoms with E-state index in [0.717, 1.165) is 11.6 Å². The van der Waals surface area contributed by atoms with Crippen molar-refractivity contribution in [3.05, 3.63) is 66.6 Å². The van der Waals surface area contributed by atoms with Crippen LogP contribution in [0.3, 0.4) is 0 Å². The van der Waals surface area contributed by atoms with E-state index in [-0.39, 0.29) is 5.82 Å². The molecule has 0 bridgehead atoms. The van der Waals surface area contributed by atoms with E-state index in [9.17, 15) is 4.39 Å². The van der Waals surface area contributed by atoms with Crippen LogP contribution in [0.1, 0.15) is 5.82 Å². The minimum Gasteiger partial charge on any atom is -0.352 e. The topological polar surface area (TPSA) is 51.2 Å². The molecule has 1 aromatic carbocycles. The van der Waals surface area contributed by atoms with Gasteiger partial charge in [-0.2, -0.15) is 9.61 Å². The summed E-state index contributed by atoms with van der Waals surface area (Å²) in [6, 6.07) is 10.3. The first-order valence-corrected chi connectivity index (χ1v) is 7.90. The van der Waals surface area contributed by atoms with E-state index in [0.29, 0.717) is 23.4 Å². The third-order valence-corrected chi connectivity index (χ3v) is 4.18. The highest BCUT2D eigenvalue weighted by molar-refractivity contribution is 5.67. The number of imidazole rings is 1. The number of hydrogen-bond donors (Lipinski definition) is 0. The number of nitrogens with zero attached hydrogens (tertiary/aromatic N) is 6. The largest absolute Gasteiger partial charge is 0.352 e. The Morgan fingerprint density at radius 1 is 1.16 bits per heavy atom. The van der Waals surface area contributed by atoms with Crippen molar-refractivity contribution in [2.45, 2.75) is 6.54 Å². The van der Waals surface area contributed by atoms with Crippen LogP contribution >= 0.6 is 0 Å². The van der Waals surface area contributed by atoms with Crippen molar-refractivity contribution < 1.29 is 4.39 Å². The second-order valence-corrected chi connectivity index (χ2v) is 5.89. The highest BCUT2D eigenvalue weighted by Gasteiger charge is 2.15. The van der Waals surface area contributed by atoms with Gasteiger partial charge >= 0.3 is 0 Å². The van der Waals surface area contributed by atoms with Crippen molar-refractivity contribution >= 4 is 11.5 Å². The second-order valence-electron chi connectivity index (χ2n) is 5.89. The molecule has 0 saturated heterocycles. The summed E-state index contributed by atoms with van der Waals surface area (Å²) in [7, 11) is 3.91. The van der Waals surface area contributed by atoms with E-state index in [1.165, 1.54) is 6.07 Å². The number of hydrogen-bond acceptors (Lipinski definition) is 4. The molecule has 4 aromatic rings. The van der Waals surface area contributed by atoms with Crippen LogP contribution in [0, 0.1) is 5.82 Å². The molecule has 0 unspecified atom stereocenters. The summed E-state index contributed by atoms with van der Waals surface area (Å²) in [5.41, 5.74) is 1.72. The van der Waals surface area contributed by atoms with Crippen LogP contribution in [-0.4, -0.2) is 31.2 Å². The van der Waals surface area contributed by atoms with Crippen molar-refractivity contribution in [2.75, 3.05) is 11.9 Å². The average Bonchev–Trinajstić information content (AvgIpc) is 3.23. The molecule has 6 nitrogen and oxygen atoms in total. The van der Waals surface area contributed by atoms with Gasteiger partial charge in [-0.1, -0.05) is 12.1 Å². The van der Waals surface area contributed by atoms with Crippen LogP contribution < -0.4 is 4.90 Å². The van der Waals surface area contributed by atoms with Crippen molar-refractivity contribution in [3.8, 4) is 11.3 Å². The van der Waals surface area contributed by atoms with Gasteiger partial charge in [-0.25, -0.2) is 14.4 Å². The summed E-state index contributed by atoms with van der Waals surface area (Å²) in [4.78, 5) is 10.9. The molecular formula is C18H17FN6. The zero-order valence-electron chi connectivity index (χ0n) is 14.0. The van der Waals surface area contributed by atoms with E-state index >= 15 is 0 Å². The zero-order chi connectivity index (χ0) is 17.4. The fourth-order valence-electron chi connectivity index (χ4n) is 2.82. The Bertz CT molecular complexity index is 1030. The van der Waals surface area contributed by atoms with Crippen molar-refractivity contribution in [3.63, 3.8) is 0 Å². The van der Waals surface area contributed by atoms with Crippen LogP contribution in [0.15, 0.2) is 55.0 Å².